The lowest BCUT2D eigenvalue weighted by atomic mass is 10.2. The van der Waals surface area contributed by atoms with Crippen LogP contribution in [0.15, 0.2) is 35.7 Å². The normalized spacial score (nSPS) is 7.15. The van der Waals surface area contributed by atoms with Crippen molar-refractivity contribution in [2.24, 2.45) is 0 Å². The molecule has 1 aromatic rings. The second-order valence-electron chi connectivity index (χ2n) is 1.76. The maximum absolute atomic E-state index is 4.21. The van der Waals surface area contributed by atoms with E-state index in [1.807, 2.05) is 52.0 Å². The van der Waals surface area contributed by atoms with E-state index >= 15 is 0 Å². The van der Waals surface area contributed by atoms with Crippen molar-refractivity contribution in [3.8, 4) is 0 Å². The van der Waals surface area contributed by atoms with Crippen LogP contribution in [0.2, 0.25) is 0 Å². The van der Waals surface area contributed by atoms with Crippen molar-refractivity contribution in [1.29, 1.82) is 0 Å². The van der Waals surface area contributed by atoms with Crippen molar-refractivity contribution in [1.82, 2.24) is 0 Å². The third kappa shape index (κ3) is 6.47. The summed E-state index contributed by atoms with van der Waals surface area (Å²) < 4.78 is 0. The van der Waals surface area contributed by atoms with Gasteiger partial charge in [0.15, 0.2) is 0 Å². The maximum Gasteiger partial charge on any atom is 0.0112 e. The Balaban J connectivity index is 0. The Hall–Kier alpha value is -0.690. The number of hydrogen-bond acceptors (Lipinski definition) is 1. The third-order valence-corrected chi connectivity index (χ3v) is 1.56. The van der Waals surface area contributed by atoms with Gasteiger partial charge in [0.2, 0.25) is 0 Å². The fraction of sp³-hybridized carbons (Fsp3) is 0.333. The first-order valence-electron chi connectivity index (χ1n) is 4.75. The standard InChI is InChI=1S/C8H8S.2C2H6/c1-2-7-5-3-4-6-8(7)9;2*1-2/h2-6,9H,1H2;2*1-2H3. The highest BCUT2D eigenvalue weighted by molar-refractivity contribution is 7.80. The summed E-state index contributed by atoms with van der Waals surface area (Å²) in [5.74, 6) is 0. The Labute approximate surface area is 88.1 Å². The first kappa shape index (κ1) is 14.8. The van der Waals surface area contributed by atoms with E-state index in [4.69, 9.17) is 0 Å². The molecular weight excluding hydrogens is 176 g/mol. The predicted octanol–water partition coefficient (Wildman–Crippen LogP) is 4.67. The summed E-state index contributed by atoms with van der Waals surface area (Å²) in [6, 6.07) is 7.85. The highest BCUT2D eigenvalue weighted by Gasteiger charge is 1.87. The van der Waals surface area contributed by atoms with Crippen molar-refractivity contribution >= 4 is 18.7 Å². The summed E-state index contributed by atoms with van der Waals surface area (Å²) in [6.45, 7) is 11.6. The Kier molecular flexibility index (Phi) is 12.9. The minimum atomic E-state index is 0.979. The topological polar surface area (TPSA) is 0 Å². The van der Waals surface area contributed by atoms with Crippen LogP contribution in [0.4, 0.5) is 0 Å². The van der Waals surface area contributed by atoms with E-state index in [2.05, 4.69) is 19.2 Å². The van der Waals surface area contributed by atoms with Gasteiger partial charge in [0.05, 0.1) is 0 Å². The van der Waals surface area contributed by atoms with E-state index in [1.165, 1.54) is 0 Å². The fourth-order valence-electron chi connectivity index (χ4n) is 0.660. The molecule has 0 amide bonds. The molecule has 0 atom stereocenters. The van der Waals surface area contributed by atoms with E-state index in [9.17, 15) is 0 Å². The molecule has 0 aromatic heterocycles. The zero-order chi connectivity index (χ0) is 10.7. The smallest absolute Gasteiger partial charge is 0.0112 e. The molecular formula is C12H20S. The molecule has 0 aliphatic heterocycles. The largest absolute Gasteiger partial charge is 0.143 e. The predicted molar refractivity (Wildman–Crippen MR) is 66.5 cm³/mol. The minimum Gasteiger partial charge on any atom is -0.143 e. The van der Waals surface area contributed by atoms with Gasteiger partial charge in [-0.3, -0.25) is 0 Å². The average molecular weight is 196 g/mol. The van der Waals surface area contributed by atoms with Gasteiger partial charge in [-0.05, 0) is 11.6 Å². The van der Waals surface area contributed by atoms with Crippen LogP contribution in [0.25, 0.3) is 6.08 Å². The minimum absolute atomic E-state index is 0.979. The Bertz CT molecular complexity index is 216. The van der Waals surface area contributed by atoms with Gasteiger partial charge in [0, 0.05) is 4.90 Å². The van der Waals surface area contributed by atoms with E-state index < -0.39 is 0 Å². The van der Waals surface area contributed by atoms with Crippen molar-refractivity contribution in [3.63, 3.8) is 0 Å². The molecule has 0 nitrogen and oxygen atoms in total. The molecule has 0 saturated carbocycles. The first-order chi connectivity index (χ1) is 6.34. The van der Waals surface area contributed by atoms with Crippen molar-refractivity contribution < 1.29 is 0 Å². The monoisotopic (exact) mass is 196 g/mol. The zero-order valence-corrected chi connectivity index (χ0v) is 9.94. The lowest BCUT2D eigenvalue weighted by Crippen LogP contribution is -1.71. The zero-order valence-electron chi connectivity index (χ0n) is 9.04. The number of benzene rings is 1. The molecule has 0 fully saturated rings. The Morgan fingerprint density at radius 3 is 1.85 bits per heavy atom. The van der Waals surface area contributed by atoms with Crippen molar-refractivity contribution in [2.45, 2.75) is 32.6 Å². The molecule has 0 radical (unpaired) electrons. The van der Waals surface area contributed by atoms with Gasteiger partial charge in [-0.15, -0.1) is 12.6 Å². The SMILES string of the molecule is C=Cc1ccccc1S.CC.CC. The highest BCUT2D eigenvalue weighted by atomic mass is 32.1. The summed E-state index contributed by atoms with van der Waals surface area (Å²) in [5, 5.41) is 0. The molecule has 1 aromatic carbocycles. The van der Waals surface area contributed by atoms with Gasteiger partial charge >= 0.3 is 0 Å². The fourth-order valence-corrected chi connectivity index (χ4v) is 0.912. The summed E-state index contributed by atoms with van der Waals surface area (Å²) >= 11 is 4.21. The molecule has 0 heterocycles. The van der Waals surface area contributed by atoms with Gasteiger partial charge in [-0.25, -0.2) is 0 Å². The van der Waals surface area contributed by atoms with Crippen LogP contribution in [0.1, 0.15) is 33.3 Å². The van der Waals surface area contributed by atoms with Crippen molar-refractivity contribution in [3.05, 3.63) is 36.4 Å². The van der Waals surface area contributed by atoms with Crippen LogP contribution in [0, 0.1) is 0 Å². The molecule has 0 N–H and O–H groups in total. The van der Waals surface area contributed by atoms with Gasteiger partial charge in [-0.2, -0.15) is 0 Å². The molecule has 1 rings (SSSR count). The number of hydrogen-bond donors (Lipinski definition) is 1. The second kappa shape index (κ2) is 11.3. The summed E-state index contributed by atoms with van der Waals surface area (Å²) in [4.78, 5) is 0.979. The van der Waals surface area contributed by atoms with E-state index in [-0.39, 0.29) is 0 Å². The van der Waals surface area contributed by atoms with Gasteiger partial charge < -0.3 is 0 Å². The van der Waals surface area contributed by atoms with Crippen LogP contribution >= 0.6 is 12.6 Å². The van der Waals surface area contributed by atoms with Crippen LogP contribution < -0.4 is 0 Å². The summed E-state index contributed by atoms with van der Waals surface area (Å²) in [5.41, 5.74) is 1.08. The molecule has 13 heavy (non-hydrogen) atoms. The van der Waals surface area contributed by atoms with E-state index in [0.29, 0.717) is 0 Å². The second-order valence-corrected chi connectivity index (χ2v) is 2.24. The number of rotatable bonds is 1. The third-order valence-electron chi connectivity index (χ3n) is 1.16. The van der Waals surface area contributed by atoms with E-state index in [0.717, 1.165) is 10.5 Å². The molecule has 1 heteroatoms. The molecule has 0 saturated heterocycles. The summed E-state index contributed by atoms with van der Waals surface area (Å²) in [6.07, 6.45) is 1.79. The highest BCUT2D eigenvalue weighted by Crippen LogP contribution is 2.12. The summed E-state index contributed by atoms with van der Waals surface area (Å²) in [7, 11) is 0. The first-order valence-corrected chi connectivity index (χ1v) is 5.20. The van der Waals surface area contributed by atoms with Crippen LogP contribution in [0.3, 0.4) is 0 Å². The van der Waals surface area contributed by atoms with Crippen LogP contribution in [-0.2, 0) is 0 Å². The quantitative estimate of drug-likeness (QED) is 0.620. The molecule has 0 aliphatic rings. The Morgan fingerprint density at radius 2 is 1.54 bits per heavy atom. The van der Waals surface area contributed by atoms with E-state index in [1.54, 1.807) is 6.08 Å². The maximum atomic E-state index is 4.21. The van der Waals surface area contributed by atoms with Crippen LogP contribution in [-0.4, -0.2) is 0 Å². The van der Waals surface area contributed by atoms with Gasteiger partial charge in [0.1, 0.15) is 0 Å². The molecule has 0 spiro atoms. The molecule has 0 bridgehead atoms. The van der Waals surface area contributed by atoms with Gasteiger partial charge in [-0.1, -0.05) is 58.5 Å². The molecule has 0 aliphatic carbocycles. The average Bonchev–Trinajstić information content (AvgIpc) is 2.24. The van der Waals surface area contributed by atoms with Gasteiger partial charge in [0.25, 0.3) is 0 Å². The van der Waals surface area contributed by atoms with Crippen molar-refractivity contribution in [2.75, 3.05) is 0 Å². The molecule has 0 unspecified atom stereocenters. The van der Waals surface area contributed by atoms with Crippen LogP contribution in [0.5, 0.6) is 0 Å². The molecule has 74 valence electrons. The lowest BCUT2D eigenvalue weighted by Gasteiger charge is -1.94. The number of thiol groups is 1. The Morgan fingerprint density at radius 1 is 1.08 bits per heavy atom. The lowest BCUT2D eigenvalue weighted by molar-refractivity contribution is 1.44.